The molecule has 0 radical (unpaired) electrons. The highest BCUT2D eigenvalue weighted by Crippen LogP contribution is 2.26. The maximum atomic E-state index is 13.2. The van der Waals surface area contributed by atoms with E-state index < -0.39 is 0 Å². The lowest BCUT2D eigenvalue weighted by Crippen LogP contribution is -2.23. The molecule has 30 heavy (non-hydrogen) atoms. The molecule has 0 bridgehead atoms. The molecule has 6 heteroatoms. The molecular weight excluding hydrogens is 442 g/mol. The van der Waals surface area contributed by atoms with Crippen LogP contribution in [0.5, 0.6) is 5.75 Å². The number of ether oxygens (including phenoxy) is 1. The SMILES string of the molecule is COc1ccc(Br)cc1CNC(=O)c1cc(-c2cccnc2)nc2ccc(C)cc12. The minimum Gasteiger partial charge on any atom is -0.496 e. The van der Waals surface area contributed by atoms with E-state index in [-0.39, 0.29) is 5.91 Å². The zero-order valence-electron chi connectivity index (χ0n) is 16.6. The van der Waals surface area contributed by atoms with Gasteiger partial charge in [0.2, 0.25) is 0 Å². The van der Waals surface area contributed by atoms with Crippen molar-refractivity contribution in [3.05, 3.63) is 88.2 Å². The summed E-state index contributed by atoms with van der Waals surface area (Å²) in [5, 5.41) is 3.84. The first-order valence-electron chi connectivity index (χ1n) is 9.47. The summed E-state index contributed by atoms with van der Waals surface area (Å²) in [6.45, 7) is 2.35. The smallest absolute Gasteiger partial charge is 0.252 e. The number of halogens is 1. The minimum absolute atomic E-state index is 0.167. The van der Waals surface area contributed by atoms with Crippen LogP contribution in [0.1, 0.15) is 21.5 Å². The topological polar surface area (TPSA) is 64.1 Å². The lowest BCUT2D eigenvalue weighted by Gasteiger charge is -2.13. The largest absolute Gasteiger partial charge is 0.496 e. The van der Waals surface area contributed by atoms with Crippen LogP contribution in [0.25, 0.3) is 22.2 Å². The van der Waals surface area contributed by atoms with Crippen LogP contribution in [-0.2, 0) is 6.54 Å². The number of hydrogen-bond acceptors (Lipinski definition) is 4. The van der Waals surface area contributed by atoms with Gasteiger partial charge < -0.3 is 10.1 Å². The van der Waals surface area contributed by atoms with E-state index in [0.29, 0.717) is 17.8 Å². The van der Waals surface area contributed by atoms with E-state index >= 15 is 0 Å². The fourth-order valence-electron chi connectivity index (χ4n) is 3.35. The highest BCUT2D eigenvalue weighted by molar-refractivity contribution is 9.10. The molecule has 4 rings (SSSR count). The van der Waals surface area contributed by atoms with Gasteiger partial charge in [-0.3, -0.25) is 9.78 Å². The van der Waals surface area contributed by atoms with Crippen LogP contribution in [0.3, 0.4) is 0 Å². The maximum absolute atomic E-state index is 13.2. The first kappa shape index (κ1) is 20.0. The molecule has 1 N–H and O–H groups in total. The molecule has 1 amide bonds. The van der Waals surface area contributed by atoms with E-state index in [0.717, 1.165) is 37.8 Å². The molecule has 0 fully saturated rings. The molecule has 0 spiro atoms. The van der Waals surface area contributed by atoms with Crippen molar-refractivity contribution in [1.82, 2.24) is 15.3 Å². The third-order valence-electron chi connectivity index (χ3n) is 4.85. The Labute approximate surface area is 183 Å². The van der Waals surface area contributed by atoms with Gasteiger partial charge in [-0.2, -0.15) is 0 Å². The van der Waals surface area contributed by atoms with Gasteiger partial charge in [0, 0.05) is 39.9 Å². The second kappa shape index (κ2) is 8.63. The molecule has 0 atom stereocenters. The molecule has 2 aromatic carbocycles. The quantitative estimate of drug-likeness (QED) is 0.437. The third-order valence-corrected chi connectivity index (χ3v) is 5.34. The van der Waals surface area contributed by atoms with E-state index in [1.165, 1.54) is 0 Å². The monoisotopic (exact) mass is 461 g/mol. The Morgan fingerprint density at radius 3 is 2.77 bits per heavy atom. The standard InChI is InChI=1S/C24H20BrN3O2/c1-15-5-7-21-19(10-15)20(12-22(28-21)16-4-3-9-26-13-16)24(29)27-14-17-11-18(25)6-8-23(17)30-2/h3-13H,14H2,1-2H3,(H,27,29). The molecule has 0 saturated heterocycles. The average molecular weight is 462 g/mol. The van der Waals surface area contributed by atoms with Crippen molar-refractivity contribution in [1.29, 1.82) is 0 Å². The number of carbonyl (C=O) groups is 1. The van der Waals surface area contributed by atoms with Crippen LogP contribution in [0.15, 0.2) is 71.5 Å². The molecule has 2 heterocycles. The summed E-state index contributed by atoms with van der Waals surface area (Å²) in [5.74, 6) is 0.560. The summed E-state index contributed by atoms with van der Waals surface area (Å²) in [6.07, 6.45) is 3.46. The molecule has 0 aliphatic heterocycles. The summed E-state index contributed by atoms with van der Waals surface area (Å²) < 4.78 is 6.34. The van der Waals surface area contributed by atoms with Gasteiger partial charge in [-0.25, -0.2) is 4.98 Å². The molecule has 0 unspecified atom stereocenters. The van der Waals surface area contributed by atoms with Gasteiger partial charge in [0.15, 0.2) is 0 Å². The van der Waals surface area contributed by atoms with Crippen LogP contribution in [0.2, 0.25) is 0 Å². The predicted octanol–water partition coefficient (Wildman–Crippen LogP) is 5.31. The number of pyridine rings is 2. The van der Waals surface area contributed by atoms with Crippen LogP contribution in [-0.4, -0.2) is 23.0 Å². The fourth-order valence-corrected chi connectivity index (χ4v) is 3.75. The van der Waals surface area contributed by atoms with Crippen LogP contribution >= 0.6 is 15.9 Å². The Morgan fingerprint density at radius 1 is 1.13 bits per heavy atom. The molecule has 0 saturated carbocycles. The number of methoxy groups -OCH3 is 1. The molecule has 5 nitrogen and oxygen atoms in total. The highest BCUT2D eigenvalue weighted by Gasteiger charge is 2.15. The van der Waals surface area contributed by atoms with E-state index in [9.17, 15) is 4.79 Å². The average Bonchev–Trinajstić information content (AvgIpc) is 2.77. The molecule has 0 aliphatic rings. The number of aryl methyl sites for hydroxylation is 1. The molecular formula is C24H20BrN3O2. The molecule has 4 aromatic rings. The zero-order valence-corrected chi connectivity index (χ0v) is 18.2. The number of aromatic nitrogens is 2. The lowest BCUT2D eigenvalue weighted by molar-refractivity contribution is 0.0952. The summed E-state index contributed by atoms with van der Waals surface area (Å²) >= 11 is 3.47. The number of rotatable bonds is 5. The zero-order chi connectivity index (χ0) is 21.1. The summed E-state index contributed by atoms with van der Waals surface area (Å²) in [6, 6.07) is 17.3. The van der Waals surface area contributed by atoms with Crippen molar-refractivity contribution in [2.24, 2.45) is 0 Å². The first-order valence-corrected chi connectivity index (χ1v) is 10.3. The number of nitrogens with one attached hydrogen (secondary N) is 1. The van der Waals surface area contributed by atoms with Crippen molar-refractivity contribution in [2.75, 3.05) is 7.11 Å². The van der Waals surface area contributed by atoms with Gasteiger partial charge in [-0.15, -0.1) is 0 Å². The maximum Gasteiger partial charge on any atom is 0.252 e. The van der Waals surface area contributed by atoms with Crippen molar-refractivity contribution >= 4 is 32.7 Å². The molecule has 0 aliphatic carbocycles. The first-order chi connectivity index (χ1) is 14.5. The Kier molecular flexibility index (Phi) is 5.77. The van der Waals surface area contributed by atoms with E-state index in [4.69, 9.17) is 9.72 Å². The lowest BCUT2D eigenvalue weighted by atomic mass is 10.0. The second-order valence-electron chi connectivity index (χ2n) is 6.96. The number of fused-ring (bicyclic) bond motifs is 1. The van der Waals surface area contributed by atoms with Gasteiger partial charge >= 0.3 is 0 Å². The van der Waals surface area contributed by atoms with E-state index in [1.54, 1.807) is 19.5 Å². The van der Waals surface area contributed by atoms with Crippen molar-refractivity contribution < 1.29 is 9.53 Å². The Bertz CT molecular complexity index is 1230. The van der Waals surface area contributed by atoms with Crippen LogP contribution in [0.4, 0.5) is 0 Å². The minimum atomic E-state index is -0.167. The van der Waals surface area contributed by atoms with Crippen LogP contribution in [0, 0.1) is 6.92 Å². The third kappa shape index (κ3) is 4.19. The van der Waals surface area contributed by atoms with Gasteiger partial charge in [0.1, 0.15) is 5.75 Å². The number of benzene rings is 2. The van der Waals surface area contributed by atoms with Crippen LogP contribution < -0.4 is 10.1 Å². The number of carbonyl (C=O) groups excluding carboxylic acids is 1. The number of hydrogen-bond donors (Lipinski definition) is 1. The van der Waals surface area contributed by atoms with Gasteiger partial charge in [-0.05, 0) is 55.5 Å². The van der Waals surface area contributed by atoms with Gasteiger partial charge in [0.25, 0.3) is 5.91 Å². The summed E-state index contributed by atoms with van der Waals surface area (Å²) in [4.78, 5) is 22.1. The fraction of sp³-hybridized carbons (Fsp3) is 0.125. The highest BCUT2D eigenvalue weighted by atomic mass is 79.9. The normalized spacial score (nSPS) is 10.8. The van der Waals surface area contributed by atoms with E-state index in [2.05, 4.69) is 26.2 Å². The van der Waals surface area contributed by atoms with Crippen molar-refractivity contribution in [3.8, 4) is 17.0 Å². The Hall–Kier alpha value is -3.25. The number of nitrogens with zero attached hydrogens (tertiary/aromatic N) is 2. The molecule has 2 aromatic heterocycles. The molecule has 150 valence electrons. The Morgan fingerprint density at radius 2 is 2.00 bits per heavy atom. The Balaban J connectivity index is 1.72. The summed E-state index contributed by atoms with van der Waals surface area (Å²) in [5.41, 5.74) is 4.89. The summed E-state index contributed by atoms with van der Waals surface area (Å²) in [7, 11) is 1.62. The van der Waals surface area contributed by atoms with Gasteiger partial charge in [-0.1, -0.05) is 27.6 Å². The van der Waals surface area contributed by atoms with Crippen molar-refractivity contribution in [3.63, 3.8) is 0 Å². The predicted molar refractivity (Wildman–Crippen MR) is 122 cm³/mol. The second-order valence-corrected chi connectivity index (χ2v) is 7.87. The van der Waals surface area contributed by atoms with E-state index in [1.807, 2.05) is 61.5 Å². The van der Waals surface area contributed by atoms with Crippen molar-refractivity contribution in [2.45, 2.75) is 13.5 Å². The van der Waals surface area contributed by atoms with Gasteiger partial charge in [0.05, 0.1) is 23.9 Å². The number of amides is 1.